The zero-order chi connectivity index (χ0) is 20.8. The number of hydrogen-bond acceptors (Lipinski definition) is 6. The molecule has 6 nitrogen and oxygen atoms in total. The van der Waals surface area contributed by atoms with Crippen LogP contribution >= 0.6 is 23.4 Å². The Morgan fingerprint density at radius 3 is 2.57 bits per heavy atom. The molecule has 4 aromatic rings. The molecule has 0 saturated heterocycles. The Morgan fingerprint density at radius 1 is 1.03 bits per heavy atom. The molecule has 1 atom stereocenters. The molecule has 0 bridgehead atoms. The number of ether oxygens (including phenoxy) is 1. The number of aliphatic hydroxyl groups is 1. The molecule has 30 heavy (non-hydrogen) atoms. The quantitative estimate of drug-likeness (QED) is 0.377. The first-order valence-electron chi connectivity index (χ1n) is 9.39. The van der Waals surface area contributed by atoms with Crippen molar-refractivity contribution in [1.82, 2.24) is 14.8 Å². The largest absolute Gasteiger partial charge is 0.491 e. The van der Waals surface area contributed by atoms with Crippen LogP contribution < -0.4 is 4.74 Å². The summed E-state index contributed by atoms with van der Waals surface area (Å²) in [5.41, 5.74) is 1.12. The van der Waals surface area contributed by atoms with E-state index in [1.807, 2.05) is 34.9 Å². The number of nitrogens with zero attached hydrogens (tertiary/aromatic N) is 3. The van der Waals surface area contributed by atoms with Crippen molar-refractivity contribution >= 4 is 23.4 Å². The summed E-state index contributed by atoms with van der Waals surface area (Å²) in [6.45, 7) is 0.774. The van der Waals surface area contributed by atoms with Gasteiger partial charge in [-0.05, 0) is 42.0 Å². The Bertz CT molecular complexity index is 1050. The molecular weight excluding hydrogens is 422 g/mol. The standard InChI is InChI=1S/C22H20ClN3O3S/c23-17-8-10-19(11-9-17)29-14-18(27)15-30-22-25-24-21(20-7-4-12-28-20)26(22)13-16-5-2-1-3-6-16/h1-12,18,27H,13-15H2. The molecule has 2 heterocycles. The molecule has 1 unspecified atom stereocenters. The fourth-order valence-corrected chi connectivity index (χ4v) is 3.80. The minimum absolute atomic E-state index is 0.173. The Labute approximate surface area is 183 Å². The number of aliphatic hydroxyl groups excluding tert-OH is 1. The van der Waals surface area contributed by atoms with Crippen molar-refractivity contribution in [2.75, 3.05) is 12.4 Å². The van der Waals surface area contributed by atoms with Gasteiger partial charge in [-0.3, -0.25) is 4.57 Å². The Hall–Kier alpha value is -2.74. The van der Waals surface area contributed by atoms with E-state index in [1.54, 1.807) is 30.5 Å². The van der Waals surface area contributed by atoms with Gasteiger partial charge in [-0.25, -0.2) is 0 Å². The summed E-state index contributed by atoms with van der Waals surface area (Å²) in [6, 6.07) is 20.8. The smallest absolute Gasteiger partial charge is 0.200 e. The number of rotatable bonds is 9. The number of benzene rings is 2. The van der Waals surface area contributed by atoms with Crippen LogP contribution in [0.4, 0.5) is 0 Å². The average Bonchev–Trinajstić information content (AvgIpc) is 3.43. The van der Waals surface area contributed by atoms with Crippen molar-refractivity contribution in [2.24, 2.45) is 0 Å². The van der Waals surface area contributed by atoms with Gasteiger partial charge in [0.05, 0.1) is 18.9 Å². The van der Waals surface area contributed by atoms with Crippen molar-refractivity contribution < 1.29 is 14.3 Å². The lowest BCUT2D eigenvalue weighted by molar-refractivity contribution is 0.126. The predicted octanol–water partition coefficient (Wildman–Crippen LogP) is 4.77. The van der Waals surface area contributed by atoms with Crippen LogP contribution in [0.25, 0.3) is 11.6 Å². The minimum atomic E-state index is -0.667. The molecule has 2 aromatic heterocycles. The van der Waals surface area contributed by atoms with E-state index in [0.29, 0.717) is 39.8 Å². The summed E-state index contributed by atoms with van der Waals surface area (Å²) in [5, 5.41) is 20.3. The lowest BCUT2D eigenvalue weighted by Crippen LogP contribution is -2.20. The summed E-state index contributed by atoms with van der Waals surface area (Å²) in [5.74, 6) is 2.38. The van der Waals surface area contributed by atoms with E-state index in [0.717, 1.165) is 5.56 Å². The van der Waals surface area contributed by atoms with Crippen LogP contribution in [-0.2, 0) is 6.54 Å². The van der Waals surface area contributed by atoms with Crippen LogP contribution in [-0.4, -0.2) is 38.3 Å². The molecule has 8 heteroatoms. The van der Waals surface area contributed by atoms with Crippen molar-refractivity contribution in [2.45, 2.75) is 17.8 Å². The van der Waals surface area contributed by atoms with E-state index in [2.05, 4.69) is 22.3 Å². The van der Waals surface area contributed by atoms with Gasteiger partial charge in [-0.2, -0.15) is 0 Å². The molecule has 0 aliphatic heterocycles. The normalized spacial score (nSPS) is 12.1. The molecule has 4 rings (SSSR count). The van der Waals surface area contributed by atoms with Crippen LogP contribution in [0.3, 0.4) is 0 Å². The third-order valence-corrected chi connectivity index (χ3v) is 5.67. The molecular formula is C22H20ClN3O3S. The second-order valence-corrected chi connectivity index (χ2v) is 8.01. The second-order valence-electron chi connectivity index (χ2n) is 6.58. The molecule has 154 valence electrons. The lowest BCUT2D eigenvalue weighted by Gasteiger charge is -2.13. The summed E-state index contributed by atoms with van der Waals surface area (Å²) >= 11 is 7.30. The zero-order valence-corrected chi connectivity index (χ0v) is 17.6. The molecule has 1 N–H and O–H groups in total. The third kappa shape index (κ3) is 5.24. The topological polar surface area (TPSA) is 73.3 Å². The van der Waals surface area contributed by atoms with Gasteiger partial charge in [-0.15, -0.1) is 10.2 Å². The van der Waals surface area contributed by atoms with Gasteiger partial charge in [-0.1, -0.05) is 53.7 Å². The summed E-state index contributed by atoms with van der Waals surface area (Å²) in [4.78, 5) is 0. The van der Waals surface area contributed by atoms with Crippen LogP contribution in [0.1, 0.15) is 5.56 Å². The van der Waals surface area contributed by atoms with Gasteiger partial charge < -0.3 is 14.3 Å². The number of thioether (sulfide) groups is 1. The van der Waals surface area contributed by atoms with E-state index in [9.17, 15) is 5.11 Å². The van der Waals surface area contributed by atoms with E-state index in [-0.39, 0.29) is 6.61 Å². The third-order valence-electron chi connectivity index (χ3n) is 4.30. The molecule has 2 aromatic carbocycles. The molecule has 0 aliphatic rings. The number of hydrogen-bond donors (Lipinski definition) is 1. The molecule has 0 fully saturated rings. The fraction of sp³-hybridized carbons (Fsp3) is 0.182. The summed E-state index contributed by atoms with van der Waals surface area (Å²) in [7, 11) is 0. The highest BCUT2D eigenvalue weighted by Gasteiger charge is 2.18. The number of halogens is 1. The Morgan fingerprint density at radius 2 is 1.83 bits per heavy atom. The Balaban J connectivity index is 1.43. The van der Waals surface area contributed by atoms with Gasteiger partial charge in [0.15, 0.2) is 10.9 Å². The average molecular weight is 442 g/mol. The molecule has 0 aliphatic carbocycles. The molecule has 0 spiro atoms. The first-order chi connectivity index (χ1) is 14.7. The number of furan rings is 1. The SMILES string of the molecule is OC(COc1ccc(Cl)cc1)CSc1nnc(-c2ccco2)n1Cc1ccccc1. The first-order valence-corrected chi connectivity index (χ1v) is 10.8. The zero-order valence-electron chi connectivity index (χ0n) is 16.0. The van der Waals surface area contributed by atoms with Crippen molar-refractivity contribution in [3.8, 4) is 17.3 Å². The van der Waals surface area contributed by atoms with E-state index in [4.69, 9.17) is 20.8 Å². The van der Waals surface area contributed by atoms with Crippen molar-refractivity contribution in [1.29, 1.82) is 0 Å². The van der Waals surface area contributed by atoms with Crippen LogP contribution in [0.15, 0.2) is 82.6 Å². The van der Waals surface area contributed by atoms with Gasteiger partial charge in [0.25, 0.3) is 0 Å². The highest BCUT2D eigenvalue weighted by molar-refractivity contribution is 7.99. The van der Waals surface area contributed by atoms with E-state index >= 15 is 0 Å². The molecule has 0 radical (unpaired) electrons. The maximum absolute atomic E-state index is 10.3. The van der Waals surface area contributed by atoms with Gasteiger partial charge in [0.1, 0.15) is 12.4 Å². The minimum Gasteiger partial charge on any atom is -0.491 e. The highest BCUT2D eigenvalue weighted by atomic mass is 35.5. The monoisotopic (exact) mass is 441 g/mol. The van der Waals surface area contributed by atoms with Crippen LogP contribution in [0, 0.1) is 0 Å². The molecule has 0 saturated carbocycles. The molecule has 0 amide bonds. The van der Waals surface area contributed by atoms with Crippen LogP contribution in [0.5, 0.6) is 5.75 Å². The Kier molecular flexibility index (Phi) is 6.74. The summed E-state index contributed by atoms with van der Waals surface area (Å²) < 4.78 is 13.1. The van der Waals surface area contributed by atoms with E-state index in [1.165, 1.54) is 11.8 Å². The fourth-order valence-electron chi connectivity index (χ4n) is 2.83. The second kappa shape index (κ2) is 9.84. The van der Waals surface area contributed by atoms with Gasteiger partial charge >= 0.3 is 0 Å². The summed E-state index contributed by atoms with van der Waals surface area (Å²) in [6.07, 6.45) is 0.946. The van der Waals surface area contributed by atoms with Gasteiger partial charge in [0.2, 0.25) is 5.82 Å². The van der Waals surface area contributed by atoms with Gasteiger partial charge in [0, 0.05) is 10.8 Å². The predicted molar refractivity (Wildman–Crippen MR) is 117 cm³/mol. The van der Waals surface area contributed by atoms with Crippen LogP contribution in [0.2, 0.25) is 5.02 Å². The first kappa shape index (κ1) is 20.5. The lowest BCUT2D eigenvalue weighted by atomic mass is 10.2. The highest BCUT2D eigenvalue weighted by Crippen LogP contribution is 2.26. The van der Waals surface area contributed by atoms with Crippen molar-refractivity contribution in [3.05, 3.63) is 83.6 Å². The maximum Gasteiger partial charge on any atom is 0.200 e. The van der Waals surface area contributed by atoms with E-state index < -0.39 is 6.10 Å². The maximum atomic E-state index is 10.3. The number of aromatic nitrogens is 3. The van der Waals surface area contributed by atoms with Crippen molar-refractivity contribution in [3.63, 3.8) is 0 Å².